The maximum Gasteiger partial charge on any atom is 0.0478 e. The molecule has 15 heavy (non-hydrogen) atoms. The van der Waals surface area contributed by atoms with Gasteiger partial charge < -0.3 is 5.73 Å². The Morgan fingerprint density at radius 3 is 2.87 bits per heavy atom. The van der Waals surface area contributed by atoms with E-state index >= 15 is 0 Å². The first-order valence-corrected chi connectivity index (χ1v) is 5.83. The molecule has 1 atom stereocenters. The van der Waals surface area contributed by atoms with E-state index in [4.69, 9.17) is 17.3 Å². The largest absolute Gasteiger partial charge is 0.327 e. The molecule has 1 nitrogen and oxygen atoms in total. The number of hydrogen-bond acceptors (Lipinski definition) is 1. The second kappa shape index (κ2) is 4.82. The summed E-state index contributed by atoms with van der Waals surface area (Å²) in [5.74, 6) is 0. The Balaban J connectivity index is 2.18. The second-order valence-electron chi connectivity index (χ2n) is 4.18. The zero-order valence-corrected chi connectivity index (χ0v) is 9.50. The molecule has 1 fully saturated rings. The molecule has 80 valence electrons. The van der Waals surface area contributed by atoms with E-state index in [1.165, 1.54) is 18.4 Å². The summed E-state index contributed by atoms with van der Waals surface area (Å²) in [6, 6.07) is 8.29. The van der Waals surface area contributed by atoms with E-state index in [9.17, 15) is 0 Å². The molecular formula is C13H16ClN. The number of nitrogens with two attached hydrogens (primary N) is 1. The molecule has 2 rings (SSSR count). The van der Waals surface area contributed by atoms with Crippen molar-refractivity contribution in [2.75, 3.05) is 0 Å². The van der Waals surface area contributed by atoms with Crippen molar-refractivity contribution in [3.63, 3.8) is 0 Å². The van der Waals surface area contributed by atoms with Gasteiger partial charge in [0.25, 0.3) is 0 Å². The number of halogens is 1. The van der Waals surface area contributed by atoms with Crippen LogP contribution in [0.5, 0.6) is 0 Å². The maximum absolute atomic E-state index is 6.10. The highest BCUT2D eigenvalue weighted by molar-refractivity contribution is 6.32. The fourth-order valence-electron chi connectivity index (χ4n) is 2.08. The van der Waals surface area contributed by atoms with Crippen LogP contribution in [-0.4, -0.2) is 6.04 Å². The van der Waals surface area contributed by atoms with Crippen LogP contribution >= 0.6 is 11.6 Å². The number of hydrogen-bond donors (Lipinski definition) is 1. The fourth-order valence-corrected chi connectivity index (χ4v) is 2.27. The summed E-state index contributed by atoms with van der Waals surface area (Å²) in [5, 5.41) is 0.823. The maximum atomic E-state index is 6.10. The highest BCUT2D eigenvalue weighted by atomic mass is 35.5. The van der Waals surface area contributed by atoms with Crippen molar-refractivity contribution in [1.29, 1.82) is 0 Å². The Bertz CT molecular complexity index is 371. The van der Waals surface area contributed by atoms with Crippen LogP contribution in [0.3, 0.4) is 0 Å². The Hall–Kier alpha value is -0.790. The molecule has 0 aromatic heterocycles. The molecule has 0 radical (unpaired) electrons. The van der Waals surface area contributed by atoms with Gasteiger partial charge in [0, 0.05) is 11.1 Å². The lowest BCUT2D eigenvalue weighted by molar-refractivity contribution is 0.520. The van der Waals surface area contributed by atoms with Gasteiger partial charge in [0.1, 0.15) is 0 Å². The smallest absolute Gasteiger partial charge is 0.0478 e. The molecule has 2 heteroatoms. The van der Waals surface area contributed by atoms with E-state index in [1.807, 2.05) is 18.2 Å². The van der Waals surface area contributed by atoms with Crippen LogP contribution in [0.25, 0.3) is 6.08 Å². The molecule has 1 aromatic rings. The van der Waals surface area contributed by atoms with Crippen molar-refractivity contribution in [3.05, 3.63) is 40.4 Å². The van der Waals surface area contributed by atoms with E-state index < -0.39 is 0 Å². The zero-order chi connectivity index (χ0) is 10.7. The van der Waals surface area contributed by atoms with Gasteiger partial charge in [0.15, 0.2) is 0 Å². The van der Waals surface area contributed by atoms with Gasteiger partial charge in [-0.1, -0.05) is 41.4 Å². The van der Waals surface area contributed by atoms with Gasteiger partial charge in [0.2, 0.25) is 0 Å². The van der Waals surface area contributed by atoms with Crippen LogP contribution < -0.4 is 5.73 Å². The van der Waals surface area contributed by atoms with E-state index in [0.29, 0.717) is 6.04 Å². The van der Waals surface area contributed by atoms with Crippen molar-refractivity contribution in [1.82, 2.24) is 0 Å². The minimum Gasteiger partial charge on any atom is -0.327 e. The summed E-state index contributed by atoms with van der Waals surface area (Å²) in [4.78, 5) is 0. The second-order valence-corrected chi connectivity index (χ2v) is 4.59. The summed E-state index contributed by atoms with van der Waals surface area (Å²) in [6.07, 6.45) is 6.74. The van der Waals surface area contributed by atoms with Gasteiger partial charge in [-0.05, 0) is 37.3 Å². The van der Waals surface area contributed by atoms with Crippen LogP contribution in [0.4, 0.5) is 0 Å². The van der Waals surface area contributed by atoms with E-state index in [1.54, 1.807) is 0 Å². The van der Waals surface area contributed by atoms with Gasteiger partial charge in [0.05, 0.1) is 0 Å². The zero-order valence-electron chi connectivity index (χ0n) is 8.75. The third-order valence-corrected chi connectivity index (χ3v) is 3.21. The molecule has 0 amide bonds. The molecular weight excluding hydrogens is 206 g/mol. The average molecular weight is 222 g/mol. The molecule has 1 aromatic carbocycles. The Morgan fingerprint density at radius 2 is 2.13 bits per heavy atom. The van der Waals surface area contributed by atoms with Crippen LogP contribution in [0.1, 0.15) is 31.2 Å². The summed E-state index contributed by atoms with van der Waals surface area (Å²) < 4.78 is 0. The van der Waals surface area contributed by atoms with Gasteiger partial charge >= 0.3 is 0 Å². The van der Waals surface area contributed by atoms with Crippen molar-refractivity contribution in [2.24, 2.45) is 5.73 Å². The first-order valence-electron chi connectivity index (χ1n) is 5.45. The monoisotopic (exact) mass is 221 g/mol. The minimum absolute atomic E-state index is 0.340. The van der Waals surface area contributed by atoms with Crippen LogP contribution in [0.15, 0.2) is 29.8 Å². The van der Waals surface area contributed by atoms with E-state index in [2.05, 4.69) is 12.1 Å². The van der Waals surface area contributed by atoms with Gasteiger partial charge in [-0.3, -0.25) is 0 Å². The number of rotatable bonds is 1. The van der Waals surface area contributed by atoms with Crippen molar-refractivity contribution >= 4 is 17.7 Å². The number of benzene rings is 1. The quantitative estimate of drug-likeness (QED) is 0.770. The Morgan fingerprint density at radius 1 is 1.33 bits per heavy atom. The molecule has 0 saturated heterocycles. The van der Waals surface area contributed by atoms with Gasteiger partial charge in [-0.15, -0.1) is 0 Å². The molecule has 1 saturated carbocycles. The normalized spacial score (nSPS) is 24.4. The van der Waals surface area contributed by atoms with Crippen molar-refractivity contribution < 1.29 is 0 Å². The van der Waals surface area contributed by atoms with Gasteiger partial charge in [-0.2, -0.15) is 0 Å². The predicted octanol–water partition coefficient (Wildman–Crippen LogP) is 3.62. The highest BCUT2D eigenvalue weighted by Crippen LogP contribution is 2.26. The lowest BCUT2D eigenvalue weighted by Crippen LogP contribution is -2.23. The molecule has 2 N–H and O–H groups in total. The summed E-state index contributed by atoms with van der Waals surface area (Å²) >= 11 is 6.10. The molecule has 1 aliphatic carbocycles. The summed E-state index contributed by atoms with van der Waals surface area (Å²) in [7, 11) is 0. The lowest BCUT2D eigenvalue weighted by Gasteiger charge is -2.20. The first kappa shape index (κ1) is 10.7. The molecule has 0 bridgehead atoms. The first-order chi connectivity index (χ1) is 7.25. The third-order valence-electron chi connectivity index (χ3n) is 2.86. The van der Waals surface area contributed by atoms with E-state index in [0.717, 1.165) is 23.4 Å². The van der Waals surface area contributed by atoms with Gasteiger partial charge in [-0.25, -0.2) is 0 Å². The molecule has 0 heterocycles. The minimum atomic E-state index is 0.340. The van der Waals surface area contributed by atoms with Crippen molar-refractivity contribution in [2.45, 2.75) is 31.7 Å². The van der Waals surface area contributed by atoms with Crippen LogP contribution in [0.2, 0.25) is 5.02 Å². The third kappa shape index (κ3) is 2.83. The van der Waals surface area contributed by atoms with Crippen molar-refractivity contribution in [3.8, 4) is 0 Å². The summed E-state index contributed by atoms with van der Waals surface area (Å²) in [6.45, 7) is 0. The Labute approximate surface area is 95.9 Å². The van der Waals surface area contributed by atoms with Crippen LogP contribution in [-0.2, 0) is 0 Å². The molecule has 1 unspecified atom stereocenters. The topological polar surface area (TPSA) is 26.0 Å². The predicted molar refractivity (Wildman–Crippen MR) is 65.9 cm³/mol. The van der Waals surface area contributed by atoms with E-state index in [-0.39, 0.29) is 0 Å². The average Bonchev–Trinajstić information content (AvgIpc) is 2.22. The molecule has 0 aliphatic heterocycles. The Kier molecular flexibility index (Phi) is 3.45. The standard InChI is InChI=1S/C13H16ClN/c14-13-7-2-1-5-11(13)8-10-4-3-6-12(15)9-10/h1-2,5,7-8,12H,3-4,6,9,15H2. The summed E-state index contributed by atoms with van der Waals surface area (Å²) in [5.41, 5.74) is 8.49. The lowest BCUT2D eigenvalue weighted by atomic mass is 9.90. The fraction of sp³-hybridized carbons (Fsp3) is 0.385. The SMILES string of the molecule is NC1CCCC(=Cc2ccccc2Cl)C1. The highest BCUT2D eigenvalue weighted by Gasteiger charge is 2.12. The molecule has 0 spiro atoms. The molecule has 1 aliphatic rings. The van der Waals surface area contributed by atoms with Crippen LogP contribution in [0, 0.1) is 0 Å².